The molecule has 0 aliphatic heterocycles. The van der Waals surface area contributed by atoms with Gasteiger partial charge in [0.25, 0.3) is 0 Å². The summed E-state index contributed by atoms with van der Waals surface area (Å²) in [7, 11) is 0. The molecule has 1 aromatic carbocycles. The lowest BCUT2D eigenvalue weighted by atomic mass is 10.2. The zero-order valence-corrected chi connectivity index (χ0v) is 14.1. The van der Waals surface area contributed by atoms with Gasteiger partial charge in [-0.1, -0.05) is 19.1 Å². The summed E-state index contributed by atoms with van der Waals surface area (Å²) in [6.45, 7) is 9.59. The molecule has 0 fully saturated rings. The number of benzene rings is 1. The van der Waals surface area contributed by atoms with E-state index in [4.69, 9.17) is 0 Å². The minimum atomic E-state index is 0.0537. The minimum absolute atomic E-state index is 0.0537. The van der Waals surface area contributed by atoms with Crippen molar-refractivity contribution in [3.05, 3.63) is 29.8 Å². The van der Waals surface area contributed by atoms with Gasteiger partial charge in [-0.05, 0) is 44.9 Å². The third kappa shape index (κ3) is 7.11. The van der Waals surface area contributed by atoms with Crippen LogP contribution >= 0.6 is 0 Å². The fourth-order valence-electron chi connectivity index (χ4n) is 1.96. The molecule has 22 heavy (non-hydrogen) atoms. The van der Waals surface area contributed by atoms with Crippen molar-refractivity contribution in [2.75, 3.05) is 11.9 Å². The maximum atomic E-state index is 11.6. The molecule has 5 nitrogen and oxygen atoms in total. The fraction of sp³-hybridized carbons (Fsp3) is 0.529. The molecule has 1 aromatic rings. The van der Waals surface area contributed by atoms with Crippen molar-refractivity contribution in [1.82, 2.24) is 10.6 Å². The average Bonchev–Trinajstić information content (AvgIpc) is 2.45. The molecular formula is C17H28N4O. The molecule has 1 rings (SSSR count). The van der Waals surface area contributed by atoms with E-state index in [2.05, 4.69) is 34.8 Å². The smallest absolute Gasteiger partial charge is 0.224 e. The number of nitrogens with zero attached hydrogens (tertiary/aromatic N) is 1. The molecule has 1 amide bonds. The van der Waals surface area contributed by atoms with Crippen LogP contribution in [0, 0.1) is 0 Å². The maximum absolute atomic E-state index is 11.6. The first-order chi connectivity index (χ1) is 10.5. The molecule has 3 N–H and O–H groups in total. The lowest BCUT2D eigenvalue weighted by Gasteiger charge is -2.14. The van der Waals surface area contributed by atoms with E-state index in [0.29, 0.717) is 19.0 Å². The highest BCUT2D eigenvalue weighted by molar-refractivity contribution is 5.90. The molecule has 0 aliphatic rings. The van der Waals surface area contributed by atoms with Gasteiger partial charge >= 0.3 is 0 Å². The average molecular weight is 304 g/mol. The second kappa shape index (κ2) is 9.82. The number of guanidine groups is 1. The Balaban J connectivity index is 2.70. The van der Waals surface area contributed by atoms with E-state index < -0.39 is 0 Å². The van der Waals surface area contributed by atoms with Gasteiger partial charge in [-0.2, -0.15) is 0 Å². The third-order valence-electron chi connectivity index (χ3n) is 2.88. The van der Waals surface area contributed by atoms with E-state index in [-0.39, 0.29) is 5.91 Å². The lowest BCUT2D eigenvalue weighted by molar-refractivity contribution is -0.116. The summed E-state index contributed by atoms with van der Waals surface area (Å²) in [4.78, 5) is 16.2. The van der Waals surface area contributed by atoms with Crippen molar-refractivity contribution in [2.45, 2.75) is 53.1 Å². The number of aliphatic imine (C=N–C) groups is 1. The molecular weight excluding hydrogens is 276 g/mol. The first-order valence-corrected chi connectivity index (χ1v) is 7.98. The summed E-state index contributed by atoms with van der Waals surface area (Å²) in [5.74, 6) is 0.857. The normalized spacial score (nSPS) is 11.4. The Morgan fingerprint density at radius 1 is 1.27 bits per heavy atom. The van der Waals surface area contributed by atoms with Gasteiger partial charge in [0.1, 0.15) is 0 Å². The second-order valence-electron chi connectivity index (χ2n) is 5.49. The van der Waals surface area contributed by atoms with Crippen molar-refractivity contribution < 1.29 is 4.79 Å². The summed E-state index contributed by atoms with van der Waals surface area (Å²) >= 11 is 0. The van der Waals surface area contributed by atoms with Gasteiger partial charge in [0.15, 0.2) is 5.96 Å². The van der Waals surface area contributed by atoms with Gasteiger partial charge < -0.3 is 16.0 Å². The minimum Gasteiger partial charge on any atom is -0.357 e. The Morgan fingerprint density at radius 3 is 2.68 bits per heavy atom. The molecule has 0 atom stereocenters. The van der Waals surface area contributed by atoms with Gasteiger partial charge in [0.05, 0.1) is 6.54 Å². The van der Waals surface area contributed by atoms with E-state index in [0.717, 1.165) is 30.2 Å². The van der Waals surface area contributed by atoms with Crippen LogP contribution in [0.2, 0.25) is 0 Å². The number of rotatable bonds is 7. The van der Waals surface area contributed by atoms with Crippen LogP contribution < -0.4 is 16.0 Å². The van der Waals surface area contributed by atoms with Crippen LogP contribution in [-0.2, 0) is 11.3 Å². The second-order valence-corrected chi connectivity index (χ2v) is 5.49. The van der Waals surface area contributed by atoms with Gasteiger partial charge in [-0.15, -0.1) is 0 Å². The maximum Gasteiger partial charge on any atom is 0.224 e. The van der Waals surface area contributed by atoms with Crippen LogP contribution in [0.1, 0.15) is 46.1 Å². The molecule has 5 heteroatoms. The van der Waals surface area contributed by atoms with E-state index in [9.17, 15) is 4.79 Å². The van der Waals surface area contributed by atoms with E-state index in [1.165, 1.54) is 0 Å². The van der Waals surface area contributed by atoms with Gasteiger partial charge in [-0.3, -0.25) is 4.79 Å². The van der Waals surface area contributed by atoms with E-state index >= 15 is 0 Å². The van der Waals surface area contributed by atoms with Crippen LogP contribution in [0.3, 0.4) is 0 Å². The largest absolute Gasteiger partial charge is 0.357 e. The zero-order valence-electron chi connectivity index (χ0n) is 14.1. The first-order valence-electron chi connectivity index (χ1n) is 7.98. The Labute approximate surface area is 133 Å². The standard InChI is InChI=1S/C17H28N4O/c1-5-8-16(22)21-15-10-7-9-14(11-15)12-19-17(18-6-2)20-13(3)4/h7,9-11,13H,5-6,8,12H2,1-4H3,(H,21,22)(H2,18,19,20). The van der Waals surface area contributed by atoms with Crippen LogP contribution in [-0.4, -0.2) is 24.5 Å². The molecule has 0 aromatic heterocycles. The number of hydrogen-bond acceptors (Lipinski definition) is 2. The van der Waals surface area contributed by atoms with Crippen molar-refractivity contribution in [1.29, 1.82) is 0 Å². The number of anilines is 1. The summed E-state index contributed by atoms with van der Waals surface area (Å²) in [5.41, 5.74) is 1.89. The quantitative estimate of drug-likeness (QED) is 0.536. The molecule has 0 bridgehead atoms. The van der Waals surface area contributed by atoms with Crippen LogP contribution in [0.4, 0.5) is 5.69 Å². The number of carbonyl (C=O) groups excluding carboxylic acids is 1. The first kappa shape index (κ1) is 18.0. The topological polar surface area (TPSA) is 65.5 Å². The van der Waals surface area contributed by atoms with Gasteiger partial charge in [0.2, 0.25) is 5.91 Å². The SMILES string of the molecule is CCCC(=O)Nc1cccc(CN=C(NCC)NC(C)C)c1. The molecule has 0 unspecified atom stereocenters. The number of carbonyl (C=O) groups is 1. The Hall–Kier alpha value is -2.04. The summed E-state index contributed by atoms with van der Waals surface area (Å²) in [6, 6.07) is 8.15. The molecule has 0 spiro atoms. The predicted octanol–water partition coefficient (Wildman–Crippen LogP) is 2.89. The van der Waals surface area contributed by atoms with Gasteiger partial charge in [0, 0.05) is 24.7 Å². The van der Waals surface area contributed by atoms with Crippen molar-refractivity contribution in [3.63, 3.8) is 0 Å². The molecule has 0 saturated heterocycles. The third-order valence-corrected chi connectivity index (χ3v) is 2.88. The number of amides is 1. The van der Waals surface area contributed by atoms with Crippen molar-refractivity contribution in [2.24, 2.45) is 4.99 Å². The lowest BCUT2D eigenvalue weighted by Crippen LogP contribution is -2.40. The van der Waals surface area contributed by atoms with Crippen molar-refractivity contribution in [3.8, 4) is 0 Å². The highest BCUT2D eigenvalue weighted by atomic mass is 16.1. The van der Waals surface area contributed by atoms with E-state index in [1.54, 1.807) is 0 Å². The Bertz CT molecular complexity index is 497. The van der Waals surface area contributed by atoms with E-state index in [1.807, 2.05) is 38.1 Å². The molecule has 0 heterocycles. The van der Waals surface area contributed by atoms with Gasteiger partial charge in [-0.25, -0.2) is 4.99 Å². The monoisotopic (exact) mass is 304 g/mol. The Kier molecular flexibility index (Phi) is 8.04. The zero-order chi connectivity index (χ0) is 16.4. The van der Waals surface area contributed by atoms with Crippen LogP contribution in [0.25, 0.3) is 0 Å². The molecule has 0 aliphatic carbocycles. The summed E-state index contributed by atoms with van der Waals surface area (Å²) < 4.78 is 0. The Morgan fingerprint density at radius 2 is 2.05 bits per heavy atom. The van der Waals surface area contributed by atoms with Crippen molar-refractivity contribution >= 4 is 17.6 Å². The highest BCUT2D eigenvalue weighted by Gasteiger charge is 2.03. The molecule has 0 radical (unpaired) electrons. The molecule has 122 valence electrons. The summed E-state index contributed by atoms with van der Waals surface area (Å²) in [6.07, 6.45) is 1.40. The van der Waals surface area contributed by atoms with Crippen LogP contribution in [0.5, 0.6) is 0 Å². The number of nitrogens with one attached hydrogen (secondary N) is 3. The molecule has 0 saturated carbocycles. The summed E-state index contributed by atoms with van der Waals surface area (Å²) in [5, 5.41) is 9.41. The van der Waals surface area contributed by atoms with Crippen LogP contribution in [0.15, 0.2) is 29.3 Å². The highest BCUT2D eigenvalue weighted by Crippen LogP contribution is 2.12. The fourth-order valence-corrected chi connectivity index (χ4v) is 1.96. The number of hydrogen-bond donors (Lipinski definition) is 3. The predicted molar refractivity (Wildman–Crippen MR) is 93.1 cm³/mol.